The molecule has 5 nitrogen and oxygen atoms in total. The molecule has 2 N–H and O–H groups in total. The van der Waals surface area contributed by atoms with Gasteiger partial charge in [0.15, 0.2) is 5.69 Å². The number of aromatic nitrogens is 2. The first kappa shape index (κ1) is 10.4. The van der Waals surface area contributed by atoms with E-state index < -0.39 is 5.97 Å². The van der Waals surface area contributed by atoms with Crippen LogP contribution in [0.1, 0.15) is 28.9 Å². The Morgan fingerprint density at radius 3 is 2.64 bits per heavy atom. The van der Waals surface area contributed by atoms with Gasteiger partial charge >= 0.3 is 5.97 Å². The molecule has 0 atom stereocenters. The Labute approximate surface area is 82.3 Å². The second kappa shape index (κ2) is 4.04. The molecule has 0 amide bonds. The number of nitrogens with zero attached hydrogens (tertiary/aromatic N) is 2. The SMILES string of the molecule is CCc1nc(C)c(N)c(C(=O)OC)n1. The standard InChI is InChI=1S/C9H13N3O2/c1-4-6-11-5(2)7(10)8(12-6)9(13)14-3/h4,10H2,1-3H3. The third kappa shape index (κ3) is 1.81. The van der Waals surface area contributed by atoms with Crippen molar-refractivity contribution >= 4 is 11.7 Å². The van der Waals surface area contributed by atoms with Gasteiger partial charge in [0, 0.05) is 6.42 Å². The number of ether oxygens (including phenoxy) is 1. The maximum Gasteiger partial charge on any atom is 0.358 e. The Bertz CT molecular complexity index is 363. The van der Waals surface area contributed by atoms with Crippen LogP contribution in [-0.2, 0) is 11.2 Å². The minimum atomic E-state index is -0.525. The molecule has 1 aromatic heterocycles. The molecular formula is C9H13N3O2. The zero-order valence-corrected chi connectivity index (χ0v) is 8.50. The van der Waals surface area contributed by atoms with Crippen molar-refractivity contribution in [3.8, 4) is 0 Å². The van der Waals surface area contributed by atoms with E-state index in [0.717, 1.165) is 0 Å². The molecule has 1 rings (SSSR count). The van der Waals surface area contributed by atoms with Crippen molar-refractivity contribution in [2.24, 2.45) is 0 Å². The lowest BCUT2D eigenvalue weighted by Gasteiger charge is -2.06. The number of methoxy groups -OCH3 is 1. The van der Waals surface area contributed by atoms with E-state index in [1.54, 1.807) is 6.92 Å². The van der Waals surface area contributed by atoms with E-state index in [0.29, 0.717) is 17.9 Å². The summed E-state index contributed by atoms with van der Waals surface area (Å²) in [4.78, 5) is 19.4. The van der Waals surface area contributed by atoms with Crippen molar-refractivity contribution in [1.82, 2.24) is 9.97 Å². The van der Waals surface area contributed by atoms with E-state index in [4.69, 9.17) is 5.73 Å². The highest BCUT2D eigenvalue weighted by molar-refractivity contribution is 5.93. The minimum absolute atomic E-state index is 0.150. The first-order valence-corrected chi connectivity index (χ1v) is 4.31. The Morgan fingerprint density at radius 1 is 1.50 bits per heavy atom. The average Bonchev–Trinajstić information content (AvgIpc) is 2.20. The van der Waals surface area contributed by atoms with Crippen LogP contribution in [0.3, 0.4) is 0 Å². The number of anilines is 1. The molecule has 76 valence electrons. The summed E-state index contributed by atoms with van der Waals surface area (Å²) in [7, 11) is 1.30. The Kier molecular flexibility index (Phi) is 3.01. The zero-order valence-electron chi connectivity index (χ0n) is 8.50. The summed E-state index contributed by atoms with van der Waals surface area (Å²) < 4.78 is 4.56. The fourth-order valence-corrected chi connectivity index (χ4v) is 1.05. The Morgan fingerprint density at radius 2 is 2.14 bits per heavy atom. The van der Waals surface area contributed by atoms with E-state index in [2.05, 4.69) is 14.7 Å². The highest BCUT2D eigenvalue weighted by atomic mass is 16.5. The maximum atomic E-state index is 11.3. The molecule has 1 heterocycles. The molecule has 0 fully saturated rings. The van der Waals surface area contributed by atoms with Gasteiger partial charge < -0.3 is 10.5 Å². The normalized spacial score (nSPS) is 9.93. The Hall–Kier alpha value is -1.65. The van der Waals surface area contributed by atoms with Crippen LogP contribution in [0.15, 0.2) is 0 Å². The van der Waals surface area contributed by atoms with Crippen molar-refractivity contribution in [1.29, 1.82) is 0 Å². The van der Waals surface area contributed by atoms with E-state index in [1.165, 1.54) is 7.11 Å². The van der Waals surface area contributed by atoms with Crippen molar-refractivity contribution < 1.29 is 9.53 Å². The topological polar surface area (TPSA) is 78.1 Å². The first-order chi connectivity index (χ1) is 6.60. The van der Waals surface area contributed by atoms with Crippen LogP contribution >= 0.6 is 0 Å². The van der Waals surface area contributed by atoms with Crippen molar-refractivity contribution in [3.63, 3.8) is 0 Å². The van der Waals surface area contributed by atoms with Gasteiger partial charge in [0.2, 0.25) is 0 Å². The van der Waals surface area contributed by atoms with Gasteiger partial charge in [-0.05, 0) is 6.92 Å². The van der Waals surface area contributed by atoms with Gasteiger partial charge in [0.25, 0.3) is 0 Å². The summed E-state index contributed by atoms with van der Waals surface area (Å²) in [6, 6.07) is 0. The molecule has 0 aliphatic carbocycles. The van der Waals surface area contributed by atoms with Crippen LogP contribution in [0, 0.1) is 6.92 Å². The monoisotopic (exact) mass is 195 g/mol. The molecule has 0 aromatic carbocycles. The first-order valence-electron chi connectivity index (χ1n) is 4.31. The fraction of sp³-hybridized carbons (Fsp3) is 0.444. The summed E-state index contributed by atoms with van der Waals surface area (Å²) in [5, 5.41) is 0. The number of nitrogens with two attached hydrogens (primary N) is 1. The largest absolute Gasteiger partial charge is 0.464 e. The summed E-state index contributed by atoms with van der Waals surface area (Å²) in [6.07, 6.45) is 0.658. The van der Waals surface area contributed by atoms with E-state index in [-0.39, 0.29) is 11.4 Å². The predicted molar refractivity (Wildman–Crippen MR) is 51.9 cm³/mol. The number of esters is 1. The quantitative estimate of drug-likeness (QED) is 0.703. The van der Waals surface area contributed by atoms with Gasteiger partial charge in [0.05, 0.1) is 18.5 Å². The van der Waals surface area contributed by atoms with E-state index in [9.17, 15) is 4.79 Å². The smallest absolute Gasteiger partial charge is 0.358 e. The zero-order chi connectivity index (χ0) is 10.7. The van der Waals surface area contributed by atoms with Gasteiger partial charge in [-0.3, -0.25) is 0 Å². The maximum absolute atomic E-state index is 11.3. The number of carbonyl (C=O) groups is 1. The number of hydrogen-bond acceptors (Lipinski definition) is 5. The second-order valence-corrected chi connectivity index (χ2v) is 2.83. The lowest BCUT2D eigenvalue weighted by Crippen LogP contribution is -2.13. The second-order valence-electron chi connectivity index (χ2n) is 2.83. The van der Waals surface area contributed by atoms with E-state index >= 15 is 0 Å². The fourth-order valence-electron chi connectivity index (χ4n) is 1.05. The molecule has 1 aromatic rings. The van der Waals surface area contributed by atoms with Gasteiger partial charge in [-0.25, -0.2) is 14.8 Å². The van der Waals surface area contributed by atoms with Gasteiger partial charge in [-0.1, -0.05) is 6.92 Å². The summed E-state index contributed by atoms with van der Waals surface area (Å²) in [6.45, 7) is 3.65. The molecule has 0 bridgehead atoms. The molecule has 0 saturated heterocycles. The van der Waals surface area contributed by atoms with Crippen LogP contribution in [0.25, 0.3) is 0 Å². The van der Waals surface area contributed by atoms with Crippen LogP contribution in [0.2, 0.25) is 0 Å². The molecule has 0 saturated carbocycles. The van der Waals surface area contributed by atoms with Crippen LogP contribution < -0.4 is 5.73 Å². The number of carbonyl (C=O) groups excluding carboxylic acids is 1. The van der Waals surface area contributed by atoms with Crippen LogP contribution in [0.5, 0.6) is 0 Å². The number of hydrogen-bond donors (Lipinski definition) is 1. The number of rotatable bonds is 2. The lowest BCUT2D eigenvalue weighted by atomic mass is 10.2. The van der Waals surface area contributed by atoms with Crippen molar-refractivity contribution in [2.45, 2.75) is 20.3 Å². The van der Waals surface area contributed by atoms with Gasteiger partial charge in [-0.2, -0.15) is 0 Å². The molecule has 0 unspecified atom stereocenters. The minimum Gasteiger partial charge on any atom is -0.464 e. The number of nitrogen functional groups attached to an aromatic ring is 1. The Balaban J connectivity index is 3.27. The van der Waals surface area contributed by atoms with Crippen molar-refractivity contribution in [3.05, 3.63) is 17.2 Å². The van der Waals surface area contributed by atoms with Crippen LogP contribution in [-0.4, -0.2) is 23.0 Å². The molecular weight excluding hydrogens is 182 g/mol. The molecule has 5 heteroatoms. The molecule has 14 heavy (non-hydrogen) atoms. The third-order valence-corrected chi connectivity index (χ3v) is 1.88. The predicted octanol–water partition coefficient (Wildman–Crippen LogP) is 0.716. The molecule has 0 aliphatic heterocycles. The highest BCUT2D eigenvalue weighted by Gasteiger charge is 2.15. The lowest BCUT2D eigenvalue weighted by molar-refractivity contribution is 0.0594. The summed E-state index contributed by atoms with van der Waals surface area (Å²) in [5.74, 6) is 0.0693. The summed E-state index contributed by atoms with van der Waals surface area (Å²) in [5.41, 5.74) is 6.70. The molecule has 0 radical (unpaired) electrons. The van der Waals surface area contributed by atoms with Crippen molar-refractivity contribution in [2.75, 3.05) is 12.8 Å². The van der Waals surface area contributed by atoms with E-state index in [1.807, 2.05) is 6.92 Å². The summed E-state index contributed by atoms with van der Waals surface area (Å²) >= 11 is 0. The van der Waals surface area contributed by atoms with Gasteiger partial charge in [-0.15, -0.1) is 0 Å². The molecule has 0 spiro atoms. The average molecular weight is 195 g/mol. The highest BCUT2D eigenvalue weighted by Crippen LogP contribution is 2.14. The van der Waals surface area contributed by atoms with Gasteiger partial charge in [0.1, 0.15) is 5.82 Å². The van der Waals surface area contributed by atoms with Crippen LogP contribution in [0.4, 0.5) is 5.69 Å². The third-order valence-electron chi connectivity index (χ3n) is 1.88. The number of aryl methyl sites for hydroxylation is 2. The molecule has 0 aliphatic rings.